The number of esters is 1. The lowest BCUT2D eigenvalue weighted by Crippen LogP contribution is -2.36. The molecule has 1 aromatic carbocycles. The first kappa shape index (κ1) is 14.4. The Bertz CT molecular complexity index is 519. The molecule has 0 amide bonds. The molecule has 1 saturated heterocycles. The van der Waals surface area contributed by atoms with Gasteiger partial charge in [-0.15, -0.1) is 0 Å². The molecule has 2 unspecified atom stereocenters. The molecule has 1 N–H and O–H groups in total. The Labute approximate surface area is 115 Å². The minimum atomic E-state index is -0.623. The van der Waals surface area contributed by atoms with Gasteiger partial charge in [0.25, 0.3) is 5.69 Å². The van der Waals surface area contributed by atoms with E-state index in [-0.39, 0.29) is 18.7 Å². The summed E-state index contributed by atoms with van der Waals surface area (Å²) in [6.45, 7) is 0.528. The highest BCUT2D eigenvalue weighted by Crippen LogP contribution is 2.25. The zero-order valence-corrected chi connectivity index (χ0v) is 11.1. The number of β-amino-alcohol motifs (C(OH)–C–C–N with tert-alkyl or cyclic N) is 1. The summed E-state index contributed by atoms with van der Waals surface area (Å²) in [6.07, 6.45) is -0.338. The Morgan fingerprint density at radius 1 is 1.55 bits per heavy atom. The Morgan fingerprint density at radius 3 is 2.90 bits per heavy atom. The van der Waals surface area contributed by atoms with Crippen molar-refractivity contribution < 1.29 is 19.6 Å². The molecule has 1 aliphatic heterocycles. The van der Waals surface area contributed by atoms with E-state index < -0.39 is 23.0 Å². The summed E-state index contributed by atoms with van der Waals surface area (Å²) in [5.74, 6) is -0.430. The van der Waals surface area contributed by atoms with Crippen LogP contribution in [-0.4, -0.2) is 46.7 Å². The number of carbonyl (C=O) groups excluding carboxylic acids is 1. The highest BCUT2D eigenvalue weighted by atomic mass is 16.6. The maximum Gasteiger partial charge on any atom is 0.323 e. The van der Waals surface area contributed by atoms with Crippen molar-refractivity contribution in [3.63, 3.8) is 0 Å². The second-order valence-electron chi connectivity index (χ2n) is 4.74. The van der Waals surface area contributed by atoms with Gasteiger partial charge in [0.05, 0.1) is 18.1 Å². The first-order chi connectivity index (χ1) is 9.52. The minimum Gasteiger partial charge on any atom is -0.468 e. The molecule has 1 aromatic rings. The summed E-state index contributed by atoms with van der Waals surface area (Å²) in [5, 5.41) is 20.7. The third-order valence-electron chi connectivity index (χ3n) is 3.42. The van der Waals surface area contributed by atoms with Crippen molar-refractivity contribution in [2.45, 2.75) is 25.1 Å². The van der Waals surface area contributed by atoms with Gasteiger partial charge >= 0.3 is 5.97 Å². The Hall–Kier alpha value is -1.99. The van der Waals surface area contributed by atoms with Crippen molar-refractivity contribution in [3.05, 3.63) is 39.9 Å². The first-order valence-electron chi connectivity index (χ1n) is 6.25. The fraction of sp³-hybridized carbons (Fsp3) is 0.462. The number of hydrogen-bond donors (Lipinski definition) is 1. The van der Waals surface area contributed by atoms with E-state index in [1.54, 1.807) is 23.1 Å². The van der Waals surface area contributed by atoms with Crippen LogP contribution in [0.2, 0.25) is 0 Å². The molecule has 1 fully saturated rings. The molecule has 0 saturated carbocycles. The average molecular weight is 280 g/mol. The van der Waals surface area contributed by atoms with Gasteiger partial charge in [0.15, 0.2) is 0 Å². The van der Waals surface area contributed by atoms with Crippen LogP contribution in [0.25, 0.3) is 0 Å². The smallest absolute Gasteiger partial charge is 0.323 e. The number of carbonyl (C=O) groups is 1. The van der Waals surface area contributed by atoms with Gasteiger partial charge in [0.2, 0.25) is 0 Å². The lowest BCUT2D eigenvalue weighted by atomic mass is 10.1. The van der Waals surface area contributed by atoms with Gasteiger partial charge in [-0.1, -0.05) is 18.2 Å². The summed E-state index contributed by atoms with van der Waals surface area (Å²) >= 11 is 0. The zero-order chi connectivity index (χ0) is 14.7. The van der Waals surface area contributed by atoms with E-state index in [9.17, 15) is 20.0 Å². The molecule has 20 heavy (non-hydrogen) atoms. The quantitative estimate of drug-likeness (QED) is 0.496. The van der Waals surface area contributed by atoms with Gasteiger partial charge < -0.3 is 9.84 Å². The third-order valence-corrected chi connectivity index (χ3v) is 3.42. The average Bonchev–Trinajstić information content (AvgIpc) is 2.79. The van der Waals surface area contributed by atoms with Gasteiger partial charge in [0.1, 0.15) is 6.04 Å². The zero-order valence-electron chi connectivity index (χ0n) is 11.1. The van der Waals surface area contributed by atoms with Crippen molar-refractivity contribution in [1.82, 2.24) is 4.90 Å². The van der Waals surface area contributed by atoms with E-state index in [0.29, 0.717) is 12.1 Å². The van der Waals surface area contributed by atoms with Gasteiger partial charge in [-0.05, 0) is 0 Å². The molecule has 1 aliphatic rings. The van der Waals surface area contributed by atoms with Gasteiger partial charge in [-0.3, -0.25) is 19.8 Å². The molecule has 0 aromatic heterocycles. The highest BCUT2D eigenvalue weighted by molar-refractivity contribution is 5.76. The van der Waals surface area contributed by atoms with Crippen LogP contribution in [0.3, 0.4) is 0 Å². The number of nitrogens with zero attached hydrogens (tertiary/aromatic N) is 2. The lowest BCUT2D eigenvalue weighted by molar-refractivity contribution is -0.385. The molecule has 2 rings (SSSR count). The van der Waals surface area contributed by atoms with E-state index in [4.69, 9.17) is 4.74 Å². The second-order valence-corrected chi connectivity index (χ2v) is 4.74. The summed E-state index contributed by atoms with van der Waals surface area (Å²) < 4.78 is 4.70. The molecular formula is C13H16N2O5. The summed E-state index contributed by atoms with van der Waals surface area (Å²) in [4.78, 5) is 23.9. The number of nitro benzene ring substituents is 1. The number of benzene rings is 1. The summed E-state index contributed by atoms with van der Waals surface area (Å²) in [6, 6.07) is 5.82. The molecular weight excluding hydrogens is 264 g/mol. The minimum absolute atomic E-state index is 0.0116. The number of rotatable bonds is 4. The molecule has 0 spiro atoms. The van der Waals surface area contributed by atoms with Crippen molar-refractivity contribution in [1.29, 1.82) is 0 Å². The van der Waals surface area contributed by atoms with Gasteiger partial charge in [0, 0.05) is 31.1 Å². The fourth-order valence-electron chi connectivity index (χ4n) is 2.48. The van der Waals surface area contributed by atoms with Crippen LogP contribution in [0.4, 0.5) is 5.69 Å². The van der Waals surface area contributed by atoms with E-state index in [1.165, 1.54) is 13.2 Å². The van der Waals surface area contributed by atoms with Crippen LogP contribution < -0.4 is 0 Å². The third kappa shape index (κ3) is 2.94. The molecule has 108 valence electrons. The SMILES string of the molecule is COC(=O)C1CC(O)CN1Cc1ccccc1[N+](=O)[O-]. The first-order valence-corrected chi connectivity index (χ1v) is 6.25. The number of ether oxygens (including phenoxy) is 1. The predicted molar refractivity (Wildman–Crippen MR) is 69.9 cm³/mol. The number of aliphatic hydroxyl groups is 1. The fourth-order valence-corrected chi connectivity index (χ4v) is 2.48. The van der Waals surface area contributed by atoms with Crippen molar-refractivity contribution in [2.24, 2.45) is 0 Å². The molecule has 7 heteroatoms. The summed E-state index contributed by atoms with van der Waals surface area (Å²) in [5.41, 5.74) is 0.526. The van der Waals surface area contributed by atoms with Gasteiger partial charge in [-0.2, -0.15) is 0 Å². The molecule has 0 radical (unpaired) electrons. The topological polar surface area (TPSA) is 92.9 Å². The number of nitro groups is 1. The maximum absolute atomic E-state index is 11.7. The predicted octanol–water partition coefficient (Wildman–Crippen LogP) is 0.703. The number of likely N-dealkylation sites (tertiary alicyclic amines) is 1. The number of hydrogen-bond acceptors (Lipinski definition) is 6. The van der Waals surface area contributed by atoms with Crippen molar-refractivity contribution in [3.8, 4) is 0 Å². The molecule has 7 nitrogen and oxygen atoms in total. The van der Waals surface area contributed by atoms with Crippen LogP contribution in [0.15, 0.2) is 24.3 Å². The number of para-hydroxylation sites is 1. The molecule has 2 atom stereocenters. The standard InChI is InChI=1S/C13H16N2O5/c1-20-13(17)12-6-10(16)8-14(12)7-9-4-2-3-5-11(9)15(18)19/h2-5,10,12,16H,6-8H2,1H3. The number of methoxy groups -OCH3 is 1. The Morgan fingerprint density at radius 2 is 2.25 bits per heavy atom. The number of aliphatic hydroxyl groups excluding tert-OH is 1. The van der Waals surface area contributed by atoms with E-state index in [1.807, 2.05) is 0 Å². The molecule has 0 bridgehead atoms. The van der Waals surface area contributed by atoms with Crippen LogP contribution in [0, 0.1) is 10.1 Å². The van der Waals surface area contributed by atoms with E-state index in [2.05, 4.69) is 0 Å². The molecule has 1 heterocycles. The Kier molecular flexibility index (Phi) is 4.31. The van der Waals surface area contributed by atoms with Crippen LogP contribution in [0.1, 0.15) is 12.0 Å². The molecule has 0 aliphatic carbocycles. The van der Waals surface area contributed by atoms with E-state index >= 15 is 0 Å². The van der Waals surface area contributed by atoms with Crippen LogP contribution in [-0.2, 0) is 16.1 Å². The van der Waals surface area contributed by atoms with E-state index in [0.717, 1.165) is 0 Å². The highest BCUT2D eigenvalue weighted by Gasteiger charge is 2.37. The second kappa shape index (κ2) is 5.98. The monoisotopic (exact) mass is 280 g/mol. The van der Waals surface area contributed by atoms with Crippen LogP contribution >= 0.6 is 0 Å². The summed E-state index contributed by atoms with van der Waals surface area (Å²) in [7, 11) is 1.29. The maximum atomic E-state index is 11.7. The van der Waals surface area contributed by atoms with Crippen LogP contribution in [0.5, 0.6) is 0 Å². The van der Waals surface area contributed by atoms with Crippen molar-refractivity contribution >= 4 is 11.7 Å². The Balaban J connectivity index is 2.20. The van der Waals surface area contributed by atoms with Gasteiger partial charge in [-0.25, -0.2) is 0 Å². The normalized spacial score (nSPS) is 22.7. The largest absolute Gasteiger partial charge is 0.468 e. The van der Waals surface area contributed by atoms with Crippen molar-refractivity contribution in [2.75, 3.05) is 13.7 Å². The lowest BCUT2D eigenvalue weighted by Gasteiger charge is -2.21.